The van der Waals surface area contributed by atoms with E-state index in [0.29, 0.717) is 16.9 Å². The molecular weight excluding hydrogens is 222 g/mol. The number of benzene rings is 1. The highest BCUT2D eigenvalue weighted by molar-refractivity contribution is 5.85. The van der Waals surface area contributed by atoms with Crippen LogP contribution in [0, 0.1) is 10.1 Å². The summed E-state index contributed by atoms with van der Waals surface area (Å²) < 4.78 is 1.38. The predicted molar refractivity (Wildman–Crippen MR) is 64.0 cm³/mol. The van der Waals surface area contributed by atoms with Gasteiger partial charge in [0.25, 0.3) is 5.69 Å². The Morgan fingerprint density at radius 2 is 2.29 bits per heavy atom. The van der Waals surface area contributed by atoms with Crippen molar-refractivity contribution in [2.24, 2.45) is 0 Å². The molecule has 1 atom stereocenters. The van der Waals surface area contributed by atoms with Gasteiger partial charge >= 0.3 is 0 Å². The van der Waals surface area contributed by atoms with Crippen molar-refractivity contribution in [1.82, 2.24) is 15.0 Å². The van der Waals surface area contributed by atoms with Crippen LogP contribution in [0.3, 0.4) is 0 Å². The second-order valence-electron chi connectivity index (χ2n) is 3.75. The number of nitro groups is 1. The summed E-state index contributed by atoms with van der Waals surface area (Å²) in [4.78, 5) is 14.7. The lowest BCUT2D eigenvalue weighted by Crippen LogP contribution is -2.21. The van der Waals surface area contributed by atoms with Crippen LogP contribution in [0.15, 0.2) is 18.2 Å². The summed E-state index contributed by atoms with van der Waals surface area (Å²) in [6.07, 6.45) is 0. The Bertz CT molecular complexity index is 577. The number of para-hydroxylation sites is 1. The van der Waals surface area contributed by atoms with Crippen LogP contribution >= 0.6 is 0 Å². The van der Waals surface area contributed by atoms with Crippen molar-refractivity contribution in [3.63, 3.8) is 0 Å². The molecule has 0 saturated carbocycles. The molecule has 1 unspecified atom stereocenters. The Hall–Kier alpha value is -2.15. The van der Waals surface area contributed by atoms with E-state index in [2.05, 4.69) is 10.3 Å². The molecule has 3 N–H and O–H groups in total. The number of nitrogens with zero attached hydrogens (tertiary/aromatic N) is 3. The largest absolute Gasteiger partial charge is 0.337 e. The van der Waals surface area contributed by atoms with Gasteiger partial charge in [-0.3, -0.25) is 10.1 Å². The minimum absolute atomic E-state index is 0.0312. The number of nitrogen functional groups attached to an aromatic ring is 1. The molecule has 7 heteroatoms. The van der Waals surface area contributed by atoms with E-state index in [9.17, 15) is 10.1 Å². The second-order valence-corrected chi connectivity index (χ2v) is 3.75. The van der Waals surface area contributed by atoms with E-state index in [0.717, 1.165) is 0 Å². The van der Waals surface area contributed by atoms with Crippen molar-refractivity contribution in [3.8, 4) is 0 Å². The lowest BCUT2D eigenvalue weighted by atomic mass is 10.3. The van der Waals surface area contributed by atoms with Crippen LogP contribution in [0.2, 0.25) is 0 Å². The summed E-state index contributed by atoms with van der Waals surface area (Å²) in [5.41, 5.74) is 0.838. The molecule has 17 heavy (non-hydrogen) atoms. The van der Waals surface area contributed by atoms with E-state index in [1.807, 2.05) is 6.92 Å². The van der Waals surface area contributed by atoms with E-state index >= 15 is 0 Å². The van der Waals surface area contributed by atoms with Gasteiger partial charge in [0.2, 0.25) is 0 Å². The van der Waals surface area contributed by atoms with Crippen LogP contribution in [-0.2, 0) is 0 Å². The molecule has 1 heterocycles. The van der Waals surface area contributed by atoms with Crippen molar-refractivity contribution in [1.29, 1.82) is 0 Å². The van der Waals surface area contributed by atoms with Crippen LogP contribution in [0.25, 0.3) is 11.0 Å². The molecule has 0 spiro atoms. The van der Waals surface area contributed by atoms with E-state index in [1.165, 1.54) is 10.7 Å². The Morgan fingerprint density at radius 1 is 1.59 bits per heavy atom. The molecule has 0 aliphatic heterocycles. The lowest BCUT2D eigenvalue weighted by Gasteiger charge is -2.08. The quantitative estimate of drug-likeness (QED) is 0.468. The van der Waals surface area contributed by atoms with Crippen LogP contribution < -0.4 is 11.2 Å². The molecule has 0 aliphatic carbocycles. The maximum Gasteiger partial charge on any atom is 0.297 e. The first-order valence-corrected chi connectivity index (χ1v) is 5.14. The first kappa shape index (κ1) is 11.3. The maximum atomic E-state index is 10.9. The van der Waals surface area contributed by atoms with Gasteiger partial charge in [0, 0.05) is 6.07 Å². The van der Waals surface area contributed by atoms with Gasteiger partial charge in [0.15, 0.2) is 5.52 Å². The number of nitro benzene ring substituents is 1. The highest BCUT2D eigenvalue weighted by Crippen LogP contribution is 2.26. The first-order valence-electron chi connectivity index (χ1n) is 5.14. The number of nitrogens with two attached hydrogens (primary N) is 1. The Morgan fingerprint density at radius 3 is 2.88 bits per heavy atom. The van der Waals surface area contributed by atoms with Crippen molar-refractivity contribution in [2.45, 2.75) is 13.0 Å². The second kappa shape index (κ2) is 4.02. The third-order valence-electron chi connectivity index (χ3n) is 2.74. The molecule has 0 amide bonds. The standard InChI is InChI=1S/C10H13N5O2/c1-6(12-2)10-13-9-7(14(10)11)4-3-5-8(9)15(16)17/h3-6,12H,11H2,1-2H3. The molecule has 7 nitrogen and oxygen atoms in total. The summed E-state index contributed by atoms with van der Waals surface area (Å²) >= 11 is 0. The molecule has 90 valence electrons. The van der Waals surface area contributed by atoms with Crippen molar-refractivity contribution < 1.29 is 4.92 Å². The van der Waals surface area contributed by atoms with Gasteiger partial charge in [-0.25, -0.2) is 9.66 Å². The van der Waals surface area contributed by atoms with Crippen molar-refractivity contribution >= 4 is 16.7 Å². The smallest absolute Gasteiger partial charge is 0.297 e. The zero-order valence-corrected chi connectivity index (χ0v) is 9.54. The van der Waals surface area contributed by atoms with Crippen LogP contribution in [0.5, 0.6) is 0 Å². The molecule has 0 aliphatic rings. The molecule has 1 aromatic heterocycles. The Kier molecular flexibility index (Phi) is 2.68. The minimum atomic E-state index is -0.455. The predicted octanol–water partition coefficient (Wildman–Crippen LogP) is 0.939. The summed E-state index contributed by atoms with van der Waals surface area (Å²) in [6.45, 7) is 1.89. The lowest BCUT2D eigenvalue weighted by molar-refractivity contribution is -0.383. The summed E-state index contributed by atoms with van der Waals surface area (Å²) in [6, 6.07) is 4.65. The SMILES string of the molecule is CNC(C)c1nc2c([N+](=O)[O-])cccc2n1N. The molecular formula is C10H13N5O2. The normalized spacial score (nSPS) is 12.8. The molecule has 0 saturated heterocycles. The molecule has 2 rings (SSSR count). The fourth-order valence-electron chi connectivity index (χ4n) is 1.70. The summed E-state index contributed by atoms with van der Waals surface area (Å²) in [5.74, 6) is 6.44. The number of rotatable bonds is 3. The molecule has 0 fully saturated rings. The van der Waals surface area contributed by atoms with E-state index in [-0.39, 0.29) is 11.7 Å². The highest BCUT2D eigenvalue weighted by Gasteiger charge is 2.20. The third kappa shape index (κ3) is 1.70. The van der Waals surface area contributed by atoms with Crippen molar-refractivity contribution in [2.75, 3.05) is 12.9 Å². The van der Waals surface area contributed by atoms with Gasteiger partial charge in [-0.1, -0.05) is 6.07 Å². The molecule has 0 radical (unpaired) electrons. The number of hydrogen-bond acceptors (Lipinski definition) is 5. The topological polar surface area (TPSA) is 99.0 Å². The maximum absolute atomic E-state index is 10.9. The summed E-state index contributed by atoms with van der Waals surface area (Å²) in [5, 5.41) is 13.9. The number of aromatic nitrogens is 2. The van der Waals surface area contributed by atoms with Crippen LogP contribution in [-0.4, -0.2) is 21.6 Å². The van der Waals surface area contributed by atoms with Gasteiger partial charge in [-0.15, -0.1) is 0 Å². The first-order chi connectivity index (χ1) is 8.06. The Balaban J connectivity index is 2.72. The van der Waals surface area contributed by atoms with Gasteiger partial charge in [0.1, 0.15) is 5.82 Å². The average molecular weight is 235 g/mol. The zero-order chi connectivity index (χ0) is 12.6. The van der Waals surface area contributed by atoms with Gasteiger partial charge < -0.3 is 11.2 Å². The number of imidazole rings is 1. The van der Waals surface area contributed by atoms with Gasteiger partial charge in [-0.2, -0.15) is 0 Å². The highest BCUT2D eigenvalue weighted by atomic mass is 16.6. The minimum Gasteiger partial charge on any atom is -0.337 e. The van der Waals surface area contributed by atoms with Gasteiger partial charge in [-0.05, 0) is 20.0 Å². The number of non-ortho nitro benzene ring substituents is 1. The number of nitrogens with one attached hydrogen (secondary N) is 1. The fraction of sp³-hybridized carbons (Fsp3) is 0.300. The van der Waals surface area contributed by atoms with Crippen LogP contribution in [0.4, 0.5) is 5.69 Å². The van der Waals surface area contributed by atoms with Crippen molar-refractivity contribution in [3.05, 3.63) is 34.1 Å². The monoisotopic (exact) mass is 235 g/mol. The van der Waals surface area contributed by atoms with Crippen LogP contribution in [0.1, 0.15) is 18.8 Å². The number of hydrogen-bond donors (Lipinski definition) is 2. The molecule has 0 bridgehead atoms. The van der Waals surface area contributed by atoms with E-state index in [1.54, 1.807) is 19.2 Å². The molecule has 2 aromatic rings. The zero-order valence-electron chi connectivity index (χ0n) is 9.54. The van der Waals surface area contributed by atoms with Gasteiger partial charge in [0.05, 0.1) is 16.5 Å². The number of fused-ring (bicyclic) bond motifs is 1. The fourth-order valence-corrected chi connectivity index (χ4v) is 1.70. The van der Waals surface area contributed by atoms with E-state index in [4.69, 9.17) is 5.84 Å². The average Bonchev–Trinajstić information content (AvgIpc) is 2.66. The molecule has 1 aromatic carbocycles. The Labute approximate surface area is 97.4 Å². The summed E-state index contributed by atoms with van der Waals surface area (Å²) in [7, 11) is 1.78. The van der Waals surface area contributed by atoms with E-state index < -0.39 is 4.92 Å². The third-order valence-corrected chi connectivity index (χ3v) is 2.74.